The van der Waals surface area contributed by atoms with Gasteiger partial charge in [-0.1, -0.05) is 54.4 Å². The number of carbonyl (C=O) groups excluding carboxylic acids is 1. The van der Waals surface area contributed by atoms with Crippen molar-refractivity contribution in [3.05, 3.63) is 0 Å². The molecule has 0 aromatic rings. The van der Waals surface area contributed by atoms with Crippen molar-refractivity contribution in [2.24, 2.45) is 58.2 Å². The molecule has 4 saturated carbocycles. The molecule has 2 heteroatoms. The van der Waals surface area contributed by atoms with Crippen LogP contribution in [0, 0.1) is 58.2 Å². The summed E-state index contributed by atoms with van der Waals surface area (Å²) in [5.74, 6) is 6.99. The van der Waals surface area contributed by atoms with E-state index in [0.717, 1.165) is 60.2 Å². The topological polar surface area (TPSA) is 26.3 Å². The first-order valence-corrected chi connectivity index (χ1v) is 14.2. The number of hydrogen-bond donors (Lipinski definition) is 0. The van der Waals surface area contributed by atoms with E-state index in [1.54, 1.807) is 6.92 Å². The highest BCUT2D eigenvalue weighted by molar-refractivity contribution is 5.66. The van der Waals surface area contributed by atoms with Gasteiger partial charge < -0.3 is 4.74 Å². The normalized spacial score (nSPS) is 45.5. The maximum Gasteiger partial charge on any atom is 0.302 e. The highest BCUT2D eigenvalue weighted by Crippen LogP contribution is 2.68. The molecule has 184 valence electrons. The summed E-state index contributed by atoms with van der Waals surface area (Å²) in [6.07, 6.45) is 15.2. The van der Waals surface area contributed by atoms with Crippen LogP contribution in [0.5, 0.6) is 0 Å². The fraction of sp³-hybridized carbons (Fsp3) is 0.967. The first-order chi connectivity index (χ1) is 15.1. The van der Waals surface area contributed by atoms with Gasteiger partial charge >= 0.3 is 5.97 Å². The molecule has 0 aromatic carbocycles. The average molecular weight is 445 g/mol. The minimum Gasteiger partial charge on any atom is -0.463 e. The SMILES string of the molecule is CC(=O)OC1CC[C@]2(C)C(CCC3C4CCC([C@H](C)CC[C@H](C)C(C)C)C4(C)CCC32)C1. The quantitative estimate of drug-likeness (QED) is 0.385. The lowest BCUT2D eigenvalue weighted by molar-refractivity contribution is -0.160. The zero-order valence-electron chi connectivity index (χ0n) is 22.3. The molecule has 0 amide bonds. The van der Waals surface area contributed by atoms with Gasteiger partial charge in [0.25, 0.3) is 0 Å². The lowest BCUT2D eigenvalue weighted by Gasteiger charge is -2.61. The van der Waals surface area contributed by atoms with E-state index in [2.05, 4.69) is 41.5 Å². The Hall–Kier alpha value is -0.530. The summed E-state index contributed by atoms with van der Waals surface area (Å²) in [5.41, 5.74) is 1.07. The molecule has 2 nitrogen and oxygen atoms in total. The van der Waals surface area contributed by atoms with Crippen LogP contribution < -0.4 is 0 Å². The van der Waals surface area contributed by atoms with Gasteiger partial charge in [-0.2, -0.15) is 0 Å². The summed E-state index contributed by atoms with van der Waals surface area (Å²) >= 11 is 0. The van der Waals surface area contributed by atoms with E-state index in [9.17, 15) is 4.79 Å². The standard InChI is InChI=1S/C30H52O2/c1-19(2)20(3)8-9-21(4)26-12-13-27-25-11-10-23-18-24(32-22(5)31)14-16-29(23,6)28(25)15-17-30(26,27)7/h19-21,23-28H,8-18H2,1-7H3/t20-,21+,23?,24?,25?,26?,27?,28?,29+,30?/m0/s1. The molecular weight excluding hydrogens is 392 g/mol. The minimum atomic E-state index is -0.0883. The van der Waals surface area contributed by atoms with Crippen LogP contribution in [-0.2, 0) is 9.53 Å². The van der Waals surface area contributed by atoms with E-state index in [0.29, 0.717) is 10.8 Å². The van der Waals surface area contributed by atoms with E-state index in [-0.39, 0.29) is 12.1 Å². The second-order valence-electron chi connectivity index (χ2n) is 13.7. The van der Waals surface area contributed by atoms with Crippen molar-refractivity contribution in [2.45, 2.75) is 125 Å². The number of hydrogen-bond acceptors (Lipinski definition) is 2. The van der Waals surface area contributed by atoms with Crippen LogP contribution in [0.1, 0.15) is 119 Å². The molecule has 4 rings (SSSR count). The van der Waals surface area contributed by atoms with Crippen LogP contribution in [0.15, 0.2) is 0 Å². The minimum absolute atomic E-state index is 0.0883. The van der Waals surface area contributed by atoms with Crippen LogP contribution in [0.3, 0.4) is 0 Å². The average Bonchev–Trinajstić information content (AvgIpc) is 3.08. The van der Waals surface area contributed by atoms with E-state index in [4.69, 9.17) is 4.74 Å². The Labute approximate surface area is 199 Å². The van der Waals surface area contributed by atoms with Gasteiger partial charge in [0.1, 0.15) is 6.10 Å². The predicted molar refractivity (Wildman–Crippen MR) is 133 cm³/mol. The third kappa shape index (κ3) is 4.31. The molecule has 0 N–H and O–H groups in total. The summed E-state index contributed by atoms with van der Waals surface area (Å²) in [7, 11) is 0. The van der Waals surface area contributed by atoms with E-state index >= 15 is 0 Å². The summed E-state index contributed by atoms with van der Waals surface area (Å²) in [4.78, 5) is 11.5. The molecule has 0 aromatic heterocycles. The van der Waals surface area contributed by atoms with Crippen molar-refractivity contribution in [1.82, 2.24) is 0 Å². The molecule has 0 spiro atoms. The van der Waals surface area contributed by atoms with Gasteiger partial charge in [0.2, 0.25) is 0 Å². The van der Waals surface area contributed by atoms with Gasteiger partial charge in [-0.25, -0.2) is 0 Å². The van der Waals surface area contributed by atoms with Crippen LogP contribution in [0.25, 0.3) is 0 Å². The van der Waals surface area contributed by atoms with Gasteiger partial charge in [-0.15, -0.1) is 0 Å². The Kier molecular flexibility index (Phi) is 7.11. The number of esters is 1. The number of ether oxygens (including phenoxy) is 1. The van der Waals surface area contributed by atoms with Crippen molar-refractivity contribution in [1.29, 1.82) is 0 Å². The van der Waals surface area contributed by atoms with E-state index < -0.39 is 0 Å². The molecule has 7 unspecified atom stereocenters. The molecule has 4 aliphatic carbocycles. The number of fused-ring (bicyclic) bond motifs is 5. The Morgan fingerprint density at radius 2 is 1.56 bits per heavy atom. The second-order valence-corrected chi connectivity index (χ2v) is 13.7. The number of carbonyl (C=O) groups is 1. The molecule has 0 bridgehead atoms. The lowest BCUT2D eigenvalue weighted by atomic mass is 9.44. The molecule has 4 fully saturated rings. The fourth-order valence-electron chi connectivity index (χ4n) is 9.60. The lowest BCUT2D eigenvalue weighted by Crippen LogP contribution is -2.54. The van der Waals surface area contributed by atoms with E-state index in [1.165, 1.54) is 57.8 Å². The fourth-order valence-corrected chi connectivity index (χ4v) is 9.60. The summed E-state index contributed by atoms with van der Waals surface area (Å²) in [6.45, 7) is 16.7. The molecule has 0 radical (unpaired) electrons. The van der Waals surface area contributed by atoms with Crippen molar-refractivity contribution in [2.75, 3.05) is 0 Å². The van der Waals surface area contributed by atoms with Crippen molar-refractivity contribution in [3.8, 4) is 0 Å². The van der Waals surface area contributed by atoms with Crippen LogP contribution in [-0.4, -0.2) is 12.1 Å². The van der Waals surface area contributed by atoms with Crippen LogP contribution in [0.4, 0.5) is 0 Å². The highest BCUT2D eigenvalue weighted by Gasteiger charge is 2.60. The maximum absolute atomic E-state index is 11.5. The molecule has 0 saturated heterocycles. The summed E-state index contributed by atoms with van der Waals surface area (Å²) in [5, 5.41) is 0. The van der Waals surface area contributed by atoms with Crippen molar-refractivity contribution in [3.63, 3.8) is 0 Å². The molecule has 0 aliphatic heterocycles. The highest BCUT2D eigenvalue weighted by atomic mass is 16.5. The zero-order chi connectivity index (χ0) is 23.3. The molecule has 0 heterocycles. The van der Waals surface area contributed by atoms with Crippen LogP contribution >= 0.6 is 0 Å². The van der Waals surface area contributed by atoms with Gasteiger partial charge in [-0.3, -0.25) is 4.79 Å². The van der Waals surface area contributed by atoms with Gasteiger partial charge in [0.15, 0.2) is 0 Å². The Bertz CT molecular complexity index is 670. The third-order valence-electron chi connectivity index (χ3n) is 11.9. The largest absolute Gasteiger partial charge is 0.463 e. The maximum atomic E-state index is 11.5. The molecular formula is C30H52O2. The Balaban J connectivity index is 1.43. The summed E-state index contributed by atoms with van der Waals surface area (Å²) in [6, 6.07) is 0. The smallest absolute Gasteiger partial charge is 0.302 e. The first-order valence-electron chi connectivity index (χ1n) is 14.2. The molecule has 32 heavy (non-hydrogen) atoms. The molecule has 10 atom stereocenters. The van der Waals surface area contributed by atoms with E-state index in [1.807, 2.05) is 0 Å². The second kappa shape index (κ2) is 9.26. The summed E-state index contributed by atoms with van der Waals surface area (Å²) < 4.78 is 5.66. The third-order valence-corrected chi connectivity index (χ3v) is 11.9. The van der Waals surface area contributed by atoms with Gasteiger partial charge in [-0.05, 0) is 116 Å². The molecule has 4 aliphatic rings. The van der Waals surface area contributed by atoms with Crippen LogP contribution in [0.2, 0.25) is 0 Å². The van der Waals surface area contributed by atoms with Gasteiger partial charge in [0, 0.05) is 6.92 Å². The van der Waals surface area contributed by atoms with Gasteiger partial charge in [0.05, 0.1) is 0 Å². The first kappa shape index (κ1) is 24.6. The predicted octanol–water partition coefficient (Wildman–Crippen LogP) is 8.29. The zero-order valence-corrected chi connectivity index (χ0v) is 22.3. The Morgan fingerprint density at radius 3 is 2.25 bits per heavy atom. The monoisotopic (exact) mass is 444 g/mol. The Morgan fingerprint density at radius 1 is 0.875 bits per heavy atom. The van der Waals surface area contributed by atoms with Crippen molar-refractivity contribution >= 4 is 5.97 Å². The van der Waals surface area contributed by atoms with Crippen molar-refractivity contribution < 1.29 is 9.53 Å². The number of rotatable bonds is 6.